The van der Waals surface area contributed by atoms with Crippen LogP contribution in [0.1, 0.15) is 11.3 Å². The molecule has 1 amide bonds. The molecule has 0 fully saturated rings. The maximum absolute atomic E-state index is 12.6. The van der Waals surface area contributed by atoms with Crippen molar-refractivity contribution in [3.05, 3.63) is 84.3 Å². The number of phenols is 1. The number of furan rings is 1. The molecule has 1 aromatic heterocycles. The Hall–Kier alpha value is -3.21. The molecule has 0 atom stereocenters. The Balaban J connectivity index is 1.71. The predicted octanol–water partition coefficient (Wildman–Crippen LogP) is 3.59. The number of amides is 1. The molecule has 0 radical (unpaired) electrons. The average Bonchev–Trinajstić information content (AvgIpc) is 3.15. The van der Waals surface area contributed by atoms with Crippen LogP contribution in [0.25, 0.3) is 0 Å². The van der Waals surface area contributed by atoms with Crippen molar-refractivity contribution in [3.63, 3.8) is 0 Å². The van der Waals surface area contributed by atoms with Crippen LogP contribution < -0.4 is 4.74 Å². The molecule has 3 aromatic rings. The molecule has 0 spiro atoms. The van der Waals surface area contributed by atoms with E-state index in [1.165, 1.54) is 0 Å². The van der Waals surface area contributed by atoms with Crippen molar-refractivity contribution in [2.24, 2.45) is 0 Å². The highest BCUT2D eigenvalue weighted by Crippen LogP contribution is 2.19. The number of nitrogens with zero attached hydrogens (tertiary/aromatic N) is 1. The van der Waals surface area contributed by atoms with E-state index in [9.17, 15) is 9.90 Å². The van der Waals surface area contributed by atoms with Gasteiger partial charge in [-0.3, -0.25) is 4.79 Å². The molecule has 0 saturated carbocycles. The predicted molar refractivity (Wildman–Crippen MR) is 93.0 cm³/mol. The Labute approximate surface area is 146 Å². The molecule has 0 bridgehead atoms. The van der Waals surface area contributed by atoms with Gasteiger partial charge in [-0.1, -0.05) is 36.4 Å². The first-order valence-electron chi connectivity index (χ1n) is 7.97. The first-order valence-corrected chi connectivity index (χ1v) is 7.97. The van der Waals surface area contributed by atoms with Crippen LogP contribution in [0.15, 0.2) is 77.4 Å². The van der Waals surface area contributed by atoms with Gasteiger partial charge in [-0.15, -0.1) is 0 Å². The number of carbonyl (C=O) groups is 1. The first-order chi connectivity index (χ1) is 12.2. The van der Waals surface area contributed by atoms with Gasteiger partial charge in [-0.2, -0.15) is 0 Å². The second kappa shape index (κ2) is 8.06. The zero-order valence-electron chi connectivity index (χ0n) is 13.7. The van der Waals surface area contributed by atoms with Crippen LogP contribution in [0.2, 0.25) is 0 Å². The molecule has 0 unspecified atom stereocenters. The van der Waals surface area contributed by atoms with E-state index < -0.39 is 0 Å². The number of phenolic OH excluding ortho intramolecular Hbond substituents is 1. The van der Waals surface area contributed by atoms with Gasteiger partial charge in [0, 0.05) is 12.1 Å². The van der Waals surface area contributed by atoms with E-state index in [2.05, 4.69) is 0 Å². The van der Waals surface area contributed by atoms with Gasteiger partial charge in [0.25, 0.3) is 5.91 Å². The van der Waals surface area contributed by atoms with E-state index >= 15 is 0 Å². The third kappa shape index (κ3) is 4.64. The molecular weight excluding hydrogens is 318 g/mol. The summed E-state index contributed by atoms with van der Waals surface area (Å²) in [5.41, 5.74) is 0.669. The molecule has 5 heteroatoms. The summed E-state index contributed by atoms with van der Waals surface area (Å²) in [7, 11) is 0. The smallest absolute Gasteiger partial charge is 0.261 e. The molecular formula is C20H19NO4. The molecule has 3 rings (SSSR count). The van der Waals surface area contributed by atoms with Crippen molar-refractivity contribution in [1.29, 1.82) is 0 Å². The van der Waals surface area contributed by atoms with E-state index in [0.717, 1.165) is 0 Å². The summed E-state index contributed by atoms with van der Waals surface area (Å²) in [4.78, 5) is 14.2. The second-order valence-corrected chi connectivity index (χ2v) is 5.56. The maximum atomic E-state index is 12.6. The number of para-hydroxylation sites is 2. The van der Waals surface area contributed by atoms with Crippen LogP contribution in [0.3, 0.4) is 0 Å². The summed E-state index contributed by atoms with van der Waals surface area (Å²) in [5.74, 6) is 1.27. The lowest BCUT2D eigenvalue weighted by Crippen LogP contribution is -2.34. The Morgan fingerprint density at radius 3 is 2.44 bits per heavy atom. The Kier molecular flexibility index (Phi) is 5.36. The van der Waals surface area contributed by atoms with Crippen LogP contribution in [0, 0.1) is 0 Å². The molecule has 1 heterocycles. The van der Waals surface area contributed by atoms with Crippen LogP contribution in [0.4, 0.5) is 0 Å². The Bertz CT molecular complexity index is 800. The summed E-state index contributed by atoms with van der Waals surface area (Å²) < 4.78 is 10.9. The van der Waals surface area contributed by atoms with E-state index in [4.69, 9.17) is 9.15 Å². The van der Waals surface area contributed by atoms with Crippen LogP contribution in [-0.2, 0) is 17.9 Å². The first kappa shape index (κ1) is 16.6. The van der Waals surface area contributed by atoms with E-state index in [1.54, 1.807) is 47.6 Å². The highest BCUT2D eigenvalue weighted by Gasteiger charge is 2.18. The minimum absolute atomic E-state index is 0.0850. The van der Waals surface area contributed by atoms with E-state index in [-0.39, 0.29) is 24.8 Å². The van der Waals surface area contributed by atoms with Gasteiger partial charge in [-0.25, -0.2) is 0 Å². The minimum Gasteiger partial charge on any atom is -0.508 e. The summed E-state index contributed by atoms with van der Waals surface area (Å²) in [6, 6.07) is 19.7. The molecule has 0 saturated heterocycles. The number of benzene rings is 2. The molecule has 2 aromatic carbocycles. The molecule has 0 aliphatic heterocycles. The zero-order valence-corrected chi connectivity index (χ0v) is 13.7. The molecule has 5 nitrogen and oxygen atoms in total. The van der Waals surface area contributed by atoms with Crippen molar-refractivity contribution in [2.75, 3.05) is 6.61 Å². The molecule has 0 aliphatic carbocycles. The molecule has 25 heavy (non-hydrogen) atoms. The molecule has 0 aliphatic rings. The third-order valence-electron chi connectivity index (χ3n) is 3.74. The normalized spacial score (nSPS) is 10.4. The fraction of sp³-hybridized carbons (Fsp3) is 0.150. The standard InChI is InChI=1S/C20H19NO4/c22-19-11-5-4-7-16(19)13-21(14-18-10-6-12-24-18)20(23)15-25-17-8-2-1-3-9-17/h1-12,22H,13-15H2. The fourth-order valence-electron chi connectivity index (χ4n) is 2.43. The van der Waals surface area contributed by atoms with Gasteiger partial charge in [0.1, 0.15) is 17.3 Å². The Morgan fingerprint density at radius 1 is 0.960 bits per heavy atom. The van der Waals surface area contributed by atoms with Gasteiger partial charge in [0.05, 0.1) is 12.8 Å². The zero-order chi connectivity index (χ0) is 17.5. The number of hydrogen-bond acceptors (Lipinski definition) is 4. The van der Waals surface area contributed by atoms with Crippen molar-refractivity contribution < 1.29 is 19.1 Å². The number of rotatable bonds is 7. The third-order valence-corrected chi connectivity index (χ3v) is 3.74. The highest BCUT2D eigenvalue weighted by atomic mass is 16.5. The van der Waals surface area contributed by atoms with Crippen LogP contribution in [0.5, 0.6) is 11.5 Å². The summed E-state index contributed by atoms with van der Waals surface area (Å²) in [6.45, 7) is 0.487. The number of ether oxygens (including phenoxy) is 1. The van der Waals surface area contributed by atoms with Gasteiger partial charge in [0.15, 0.2) is 6.61 Å². The van der Waals surface area contributed by atoms with Crippen LogP contribution in [-0.4, -0.2) is 22.5 Å². The minimum atomic E-state index is -0.191. The SMILES string of the molecule is O=C(COc1ccccc1)N(Cc1ccco1)Cc1ccccc1O. The van der Waals surface area contributed by atoms with Crippen molar-refractivity contribution in [1.82, 2.24) is 4.90 Å². The number of hydrogen-bond donors (Lipinski definition) is 1. The fourth-order valence-corrected chi connectivity index (χ4v) is 2.43. The maximum Gasteiger partial charge on any atom is 0.261 e. The van der Waals surface area contributed by atoms with E-state index in [1.807, 2.05) is 30.3 Å². The topological polar surface area (TPSA) is 62.9 Å². The lowest BCUT2D eigenvalue weighted by atomic mass is 10.2. The summed E-state index contributed by atoms with van der Waals surface area (Å²) >= 11 is 0. The molecule has 1 N–H and O–H groups in total. The Morgan fingerprint density at radius 2 is 1.72 bits per heavy atom. The monoisotopic (exact) mass is 337 g/mol. The van der Waals surface area contributed by atoms with Gasteiger partial charge in [0.2, 0.25) is 0 Å². The summed E-state index contributed by atoms with van der Waals surface area (Å²) in [6.07, 6.45) is 1.57. The average molecular weight is 337 g/mol. The second-order valence-electron chi connectivity index (χ2n) is 5.56. The number of aromatic hydroxyl groups is 1. The van der Waals surface area contributed by atoms with Gasteiger partial charge < -0.3 is 19.2 Å². The van der Waals surface area contributed by atoms with Crippen molar-refractivity contribution in [2.45, 2.75) is 13.1 Å². The van der Waals surface area contributed by atoms with Crippen molar-refractivity contribution >= 4 is 5.91 Å². The quantitative estimate of drug-likeness (QED) is 0.715. The lowest BCUT2D eigenvalue weighted by Gasteiger charge is -2.22. The lowest BCUT2D eigenvalue weighted by molar-refractivity contribution is -0.134. The largest absolute Gasteiger partial charge is 0.508 e. The van der Waals surface area contributed by atoms with E-state index in [0.29, 0.717) is 23.6 Å². The highest BCUT2D eigenvalue weighted by molar-refractivity contribution is 5.77. The van der Waals surface area contributed by atoms with Gasteiger partial charge in [-0.05, 0) is 30.3 Å². The van der Waals surface area contributed by atoms with Gasteiger partial charge >= 0.3 is 0 Å². The van der Waals surface area contributed by atoms with Crippen molar-refractivity contribution in [3.8, 4) is 11.5 Å². The van der Waals surface area contributed by atoms with Crippen LogP contribution >= 0.6 is 0 Å². The summed E-state index contributed by atoms with van der Waals surface area (Å²) in [5, 5.41) is 9.98. The number of carbonyl (C=O) groups excluding carboxylic acids is 1. The molecule has 128 valence electrons.